The number of anilines is 1. The van der Waals surface area contributed by atoms with Gasteiger partial charge in [-0.05, 0) is 24.1 Å². The maximum atomic E-state index is 10.9. The molecule has 1 aromatic carbocycles. The highest BCUT2D eigenvalue weighted by Crippen LogP contribution is 2.20. The molecule has 2 aromatic rings. The number of hydrogen-bond donors (Lipinski definition) is 2. The Bertz CT molecular complexity index is 616. The van der Waals surface area contributed by atoms with E-state index in [2.05, 4.69) is 22.2 Å². The predicted octanol–water partition coefficient (Wildman–Crippen LogP) is 2.02. The summed E-state index contributed by atoms with van der Waals surface area (Å²) in [7, 11) is 1.67. The van der Waals surface area contributed by atoms with Gasteiger partial charge in [0.2, 0.25) is 0 Å². The molecule has 6 nitrogen and oxygen atoms in total. The van der Waals surface area contributed by atoms with Gasteiger partial charge < -0.3 is 15.2 Å². The Kier molecular flexibility index (Phi) is 4.47. The molecule has 0 spiro atoms. The van der Waals surface area contributed by atoms with E-state index >= 15 is 0 Å². The normalized spacial score (nSPS) is 12.3. The summed E-state index contributed by atoms with van der Waals surface area (Å²) in [4.78, 5) is 19.3. The summed E-state index contributed by atoms with van der Waals surface area (Å²) in [6, 6.07) is 4.82. The molecule has 0 saturated carbocycles. The summed E-state index contributed by atoms with van der Waals surface area (Å²) in [5, 5.41) is 13.0. The SMILES string of the molecule is COCC(C)CNc1ncnc2cc(C(=O)O)ccc12. The second kappa shape index (κ2) is 6.29. The largest absolute Gasteiger partial charge is 0.478 e. The molecule has 0 aliphatic heterocycles. The average molecular weight is 275 g/mol. The molecule has 0 saturated heterocycles. The number of nitrogens with zero attached hydrogens (tertiary/aromatic N) is 2. The first kappa shape index (κ1) is 14.2. The molecule has 106 valence electrons. The van der Waals surface area contributed by atoms with E-state index in [1.54, 1.807) is 25.3 Å². The van der Waals surface area contributed by atoms with Gasteiger partial charge in [0, 0.05) is 19.0 Å². The average Bonchev–Trinajstić information content (AvgIpc) is 2.44. The fourth-order valence-electron chi connectivity index (χ4n) is 1.95. The molecule has 1 heterocycles. The third-order valence-corrected chi connectivity index (χ3v) is 2.95. The molecule has 0 aliphatic rings. The fourth-order valence-corrected chi connectivity index (χ4v) is 1.95. The van der Waals surface area contributed by atoms with Gasteiger partial charge in [0.15, 0.2) is 0 Å². The summed E-state index contributed by atoms with van der Waals surface area (Å²) in [6.07, 6.45) is 1.43. The molecule has 0 aliphatic carbocycles. The van der Waals surface area contributed by atoms with Crippen molar-refractivity contribution >= 4 is 22.7 Å². The van der Waals surface area contributed by atoms with Crippen molar-refractivity contribution in [1.82, 2.24) is 9.97 Å². The van der Waals surface area contributed by atoms with Crippen molar-refractivity contribution < 1.29 is 14.6 Å². The van der Waals surface area contributed by atoms with E-state index in [9.17, 15) is 4.79 Å². The molecule has 2 N–H and O–H groups in total. The molecule has 1 unspecified atom stereocenters. The summed E-state index contributed by atoms with van der Waals surface area (Å²) >= 11 is 0. The fraction of sp³-hybridized carbons (Fsp3) is 0.357. The van der Waals surface area contributed by atoms with Gasteiger partial charge in [-0.2, -0.15) is 0 Å². The number of carboxylic acid groups (broad SMARTS) is 1. The Labute approximate surface area is 116 Å². The third-order valence-electron chi connectivity index (χ3n) is 2.95. The number of aromatic carboxylic acids is 1. The number of carbonyl (C=O) groups is 1. The van der Waals surface area contributed by atoms with Crippen LogP contribution in [0.25, 0.3) is 10.9 Å². The number of rotatable bonds is 6. The lowest BCUT2D eigenvalue weighted by molar-refractivity contribution is 0.0697. The van der Waals surface area contributed by atoms with Gasteiger partial charge in [-0.1, -0.05) is 6.92 Å². The Morgan fingerprint density at radius 3 is 2.95 bits per heavy atom. The Balaban J connectivity index is 2.24. The van der Waals surface area contributed by atoms with Crippen molar-refractivity contribution in [2.45, 2.75) is 6.92 Å². The summed E-state index contributed by atoms with van der Waals surface area (Å²) in [6.45, 7) is 3.46. The summed E-state index contributed by atoms with van der Waals surface area (Å²) in [5.74, 6) is 0.0898. The van der Waals surface area contributed by atoms with Gasteiger partial charge in [-0.3, -0.25) is 0 Å². The zero-order valence-corrected chi connectivity index (χ0v) is 11.5. The van der Waals surface area contributed by atoms with E-state index < -0.39 is 5.97 Å². The van der Waals surface area contributed by atoms with Crippen LogP contribution >= 0.6 is 0 Å². The maximum Gasteiger partial charge on any atom is 0.335 e. The van der Waals surface area contributed by atoms with Crippen LogP contribution in [0.15, 0.2) is 24.5 Å². The highest BCUT2D eigenvalue weighted by Gasteiger charge is 2.09. The van der Waals surface area contributed by atoms with Crippen LogP contribution in [0.3, 0.4) is 0 Å². The van der Waals surface area contributed by atoms with Crippen LogP contribution in [-0.2, 0) is 4.74 Å². The number of hydrogen-bond acceptors (Lipinski definition) is 5. The first-order valence-electron chi connectivity index (χ1n) is 6.32. The maximum absolute atomic E-state index is 10.9. The van der Waals surface area contributed by atoms with Crippen LogP contribution in [0.2, 0.25) is 0 Å². The second-order valence-electron chi connectivity index (χ2n) is 4.70. The van der Waals surface area contributed by atoms with Crippen molar-refractivity contribution in [3.63, 3.8) is 0 Å². The third kappa shape index (κ3) is 3.21. The molecule has 1 aromatic heterocycles. The van der Waals surface area contributed by atoms with E-state index in [0.717, 1.165) is 11.9 Å². The Morgan fingerprint density at radius 1 is 1.45 bits per heavy atom. The number of aromatic nitrogens is 2. The first-order chi connectivity index (χ1) is 9.61. The van der Waals surface area contributed by atoms with Crippen LogP contribution in [0.5, 0.6) is 0 Å². The van der Waals surface area contributed by atoms with Gasteiger partial charge in [-0.15, -0.1) is 0 Å². The zero-order chi connectivity index (χ0) is 14.5. The molecule has 0 amide bonds. The van der Waals surface area contributed by atoms with E-state index in [1.165, 1.54) is 6.33 Å². The number of fused-ring (bicyclic) bond motifs is 1. The molecule has 0 radical (unpaired) electrons. The predicted molar refractivity (Wildman–Crippen MR) is 76.0 cm³/mol. The summed E-state index contributed by atoms with van der Waals surface area (Å²) in [5.41, 5.74) is 0.830. The molecular formula is C14H17N3O3. The molecule has 1 atom stereocenters. The topological polar surface area (TPSA) is 84.3 Å². The smallest absolute Gasteiger partial charge is 0.335 e. The zero-order valence-electron chi connectivity index (χ0n) is 11.5. The Morgan fingerprint density at radius 2 is 2.25 bits per heavy atom. The van der Waals surface area contributed by atoms with E-state index in [0.29, 0.717) is 23.9 Å². The molecule has 0 bridgehead atoms. The van der Waals surface area contributed by atoms with Crippen molar-refractivity contribution in [1.29, 1.82) is 0 Å². The minimum Gasteiger partial charge on any atom is -0.478 e. The van der Waals surface area contributed by atoms with Gasteiger partial charge in [-0.25, -0.2) is 14.8 Å². The van der Waals surface area contributed by atoms with Gasteiger partial charge >= 0.3 is 5.97 Å². The Hall–Kier alpha value is -2.21. The summed E-state index contributed by atoms with van der Waals surface area (Å²) < 4.78 is 5.08. The van der Waals surface area contributed by atoms with Gasteiger partial charge in [0.05, 0.1) is 17.7 Å². The van der Waals surface area contributed by atoms with Crippen LogP contribution in [0.4, 0.5) is 5.82 Å². The number of benzene rings is 1. The van der Waals surface area contributed by atoms with E-state index in [-0.39, 0.29) is 5.56 Å². The van der Waals surface area contributed by atoms with Crippen LogP contribution in [0, 0.1) is 5.92 Å². The first-order valence-corrected chi connectivity index (χ1v) is 6.32. The minimum absolute atomic E-state index is 0.218. The standard InChI is InChI=1S/C14H17N3O3/c1-9(7-20-2)6-15-13-11-4-3-10(14(18)19)5-12(11)16-8-17-13/h3-5,8-9H,6-7H2,1-2H3,(H,18,19)(H,15,16,17). The molecule has 0 fully saturated rings. The van der Waals surface area contributed by atoms with Crippen molar-refractivity contribution in [2.75, 3.05) is 25.6 Å². The van der Waals surface area contributed by atoms with Gasteiger partial charge in [0.1, 0.15) is 12.1 Å². The van der Waals surface area contributed by atoms with Crippen LogP contribution in [-0.4, -0.2) is 41.3 Å². The monoisotopic (exact) mass is 275 g/mol. The van der Waals surface area contributed by atoms with E-state index in [1.807, 2.05) is 0 Å². The minimum atomic E-state index is -0.964. The van der Waals surface area contributed by atoms with E-state index in [4.69, 9.17) is 9.84 Å². The van der Waals surface area contributed by atoms with Gasteiger partial charge in [0.25, 0.3) is 0 Å². The molecule has 20 heavy (non-hydrogen) atoms. The highest BCUT2D eigenvalue weighted by molar-refractivity contribution is 5.96. The number of nitrogens with one attached hydrogen (secondary N) is 1. The number of ether oxygens (including phenoxy) is 1. The quantitative estimate of drug-likeness (QED) is 0.839. The lowest BCUT2D eigenvalue weighted by atomic mass is 10.1. The number of carboxylic acids is 1. The van der Waals surface area contributed by atoms with Crippen LogP contribution < -0.4 is 5.32 Å². The lowest BCUT2D eigenvalue weighted by Crippen LogP contribution is -2.16. The van der Waals surface area contributed by atoms with Crippen LogP contribution in [0.1, 0.15) is 17.3 Å². The highest BCUT2D eigenvalue weighted by atomic mass is 16.5. The lowest BCUT2D eigenvalue weighted by Gasteiger charge is -2.13. The van der Waals surface area contributed by atoms with Crippen molar-refractivity contribution in [3.05, 3.63) is 30.1 Å². The number of methoxy groups -OCH3 is 1. The molecular weight excluding hydrogens is 258 g/mol. The molecule has 6 heteroatoms. The van der Waals surface area contributed by atoms with Crippen molar-refractivity contribution in [3.8, 4) is 0 Å². The second-order valence-corrected chi connectivity index (χ2v) is 4.70. The molecule has 2 rings (SSSR count). The van der Waals surface area contributed by atoms with Crippen molar-refractivity contribution in [2.24, 2.45) is 5.92 Å².